The third-order valence-electron chi connectivity index (χ3n) is 5.99. The van der Waals surface area contributed by atoms with Crippen LogP contribution in [0.5, 0.6) is 11.5 Å². The highest BCUT2D eigenvalue weighted by atomic mass is 35.5. The van der Waals surface area contributed by atoms with Crippen molar-refractivity contribution in [3.8, 4) is 11.5 Å². The molecular formula is C31H27Cl2FN4O4. The number of carbonyl (C=O) groups excluding carboxylic acids is 2. The molecule has 1 aromatic heterocycles. The Morgan fingerprint density at radius 1 is 1.05 bits per heavy atom. The normalized spacial score (nSPS) is 13.8. The Morgan fingerprint density at radius 3 is 2.57 bits per heavy atom. The molecule has 1 aliphatic rings. The van der Waals surface area contributed by atoms with E-state index in [-0.39, 0.29) is 28.7 Å². The molecule has 42 heavy (non-hydrogen) atoms. The number of halogens is 3. The number of rotatable bonds is 7. The van der Waals surface area contributed by atoms with E-state index >= 15 is 0 Å². The van der Waals surface area contributed by atoms with Gasteiger partial charge >= 0.3 is 0 Å². The Balaban J connectivity index is 0.00000198. The minimum Gasteiger partial charge on any atom is -0.496 e. The van der Waals surface area contributed by atoms with Crippen molar-refractivity contribution in [1.29, 1.82) is 0 Å². The Labute approximate surface area is 252 Å². The number of aromatic nitrogens is 1. The van der Waals surface area contributed by atoms with Gasteiger partial charge in [0.1, 0.15) is 23.9 Å². The van der Waals surface area contributed by atoms with Crippen LogP contribution in [0.15, 0.2) is 84.1 Å². The van der Waals surface area contributed by atoms with E-state index in [1.54, 1.807) is 54.9 Å². The first kappa shape index (κ1) is 30.5. The first-order valence-corrected chi connectivity index (χ1v) is 13.7. The first-order chi connectivity index (χ1) is 20.3. The van der Waals surface area contributed by atoms with Gasteiger partial charge in [0.05, 0.1) is 34.7 Å². The molecule has 1 aliphatic heterocycles. The largest absolute Gasteiger partial charge is 0.496 e. The first-order valence-electron chi connectivity index (χ1n) is 13.0. The zero-order chi connectivity index (χ0) is 30.2. The number of aliphatic imine (C=N–C) groups is 1. The zero-order valence-corrected chi connectivity index (χ0v) is 24.5. The molecule has 2 amide bonds. The molecule has 0 aliphatic carbocycles. The number of nitrogens with zero attached hydrogens (tertiary/aromatic N) is 2. The number of anilines is 1. The van der Waals surface area contributed by atoms with Crippen molar-refractivity contribution in [3.05, 3.63) is 117 Å². The predicted molar refractivity (Wildman–Crippen MR) is 161 cm³/mol. The van der Waals surface area contributed by atoms with E-state index in [4.69, 9.17) is 32.7 Å². The van der Waals surface area contributed by atoms with E-state index in [0.29, 0.717) is 27.6 Å². The summed E-state index contributed by atoms with van der Waals surface area (Å²) in [5.41, 5.74) is 2.29. The van der Waals surface area contributed by atoms with E-state index in [2.05, 4.69) is 20.6 Å². The zero-order valence-electron chi connectivity index (χ0n) is 23.0. The molecule has 0 saturated carbocycles. The number of ether oxygens (including phenoxy) is 2. The SMILES string of the molecule is CC.COc1cc(Cl)cc(Cl)c1C1=NC(NC(=O)c2cc(F)ccc2OCc2cccnc2)C(=O)Nc2ccccc21. The van der Waals surface area contributed by atoms with Gasteiger partial charge in [-0.2, -0.15) is 0 Å². The predicted octanol–water partition coefficient (Wildman–Crippen LogP) is 6.69. The monoisotopic (exact) mass is 608 g/mol. The van der Waals surface area contributed by atoms with Crippen LogP contribution in [0, 0.1) is 5.82 Å². The Bertz CT molecular complexity index is 1630. The molecule has 216 valence electrons. The minimum absolute atomic E-state index is 0.0934. The molecule has 1 unspecified atom stereocenters. The summed E-state index contributed by atoms with van der Waals surface area (Å²) in [6.07, 6.45) is 1.82. The third-order valence-corrected chi connectivity index (χ3v) is 6.51. The van der Waals surface area contributed by atoms with E-state index < -0.39 is 23.8 Å². The lowest BCUT2D eigenvalue weighted by Crippen LogP contribution is -2.42. The number of pyridine rings is 1. The number of amides is 2. The molecule has 11 heteroatoms. The number of benzodiazepines with no additional fused rings is 1. The van der Waals surface area contributed by atoms with E-state index in [0.717, 1.165) is 11.6 Å². The van der Waals surface area contributed by atoms with Crippen LogP contribution < -0.4 is 20.1 Å². The minimum atomic E-state index is -1.42. The van der Waals surface area contributed by atoms with Gasteiger partial charge in [0.25, 0.3) is 11.8 Å². The van der Waals surface area contributed by atoms with Gasteiger partial charge < -0.3 is 20.1 Å². The number of fused-ring (bicyclic) bond motifs is 1. The van der Waals surface area contributed by atoms with Crippen LogP contribution in [-0.2, 0) is 11.4 Å². The summed E-state index contributed by atoms with van der Waals surface area (Å²) in [6.45, 7) is 4.09. The molecule has 2 heterocycles. The van der Waals surface area contributed by atoms with E-state index in [1.165, 1.54) is 25.3 Å². The molecule has 0 fully saturated rings. The van der Waals surface area contributed by atoms with Crippen molar-refractivity contribution < 1.29 is 23.5 Å². The van der Waals surface area contributed by atoms with Crippen molar-refractivity contribution >= 4 is 46.4 Å². The van der Waals surface area contributed by atoms with Gasteiger partial charge in [0.15, 0.2) is 0 Å². The summed E-state index contributed by atoms with van der Waals surface area (Å²) in [5, 5.41) is 5.94. The maximum Gasteiger partial charge on any atom is 0.269 e. The van der Waals surface area contributed by atoms with Gasteiger partial charge in [-0.05, 0) is 42.5 Å². The standard InChI is InChI=1S/C29H21Cl2FN4O4.C2H6/c1-39-24-12-17(30)11-21(31)25(24)26-19-6-2-3-7-22(19)34-29(38)27(35-26)36-28(37)20-13-18(32)8-9-23(20)40-15-16-5-4-10-33-14-16;1-2/h2-14,27H,15H2,1H3,(H,34,38)(H,36,37);1-2H3. The second-order valence-corrected chi connectivity index (χ2v) is 9.49. The fraction of sp³-hybridized carbons (Fsp3) is 0.161. The topological polar surface area (TPSA) is 102 Å². The average molecular weight is 609 g/mol. The van der Waals surface area contributed by atoms with Crippen LogP contribution in [0.2, 0.25) is 10.0 Å². The highest BCUT2D eigenvalue weighted by molar-refractivity contribution is 6.39. The summed E-state index contributed by atoms with van der Waals surface area (Å²) in [5.74, 6) is -1.61. The average Bonchev–Trinajstić information content (AvgIpc) is 3.13. The quantitative estimate of drug-likeness (QED) is 0.243. The van der Waals surface area contributed by atoms with Gasteiger partial charge in [-0.3, -0.25) is 14.6 Å². The molecule has 0 spiro atoms. The fourth-order valence-electron chi connectivity index (χ4n) is 4.15. The summed E-state index contributed by atoms with van der Waals surface area (Å²) < 4.78 is 25.5. The van der Waals surface area contributed by atoms with Crippen molar-refractivity contribution in [2.24, 2.45) is 4.99 Å². The van der Waals surface area contributed by atoms with Crippen LogP contribution in [0.25, 0.3) is 0 Å². The molecule has 4 aromatic rings. The van der Waals surface area contributed by atoms with Crippen molar-refractivity contribution in [3.63, 3.8) is 0 Å². The van der Waals surface area contributed by atoms with Gasteiger partial charge in [0, 0.05) is 28.5 Å². The lowest BCUT2D eigenvalue weighted by atomic mass is 9.99. The number of hydrogen-bond acceptors (Lipinski definition) is 6. The van der Waals surface area contributed by atoms with Crippen LogP contribution in [0.1, 0.15) is 40.9 Å². The van der Waals surface area contributed by atoms with Crippen LogP contribution in [0.4, 0.5) is 10.1 Å². The molecule has 3 aromatic carbocycles. The Kier molecular flexibility index (Phi) is 10.1. The molecule has 0 bridgehead atoms. The third kappa shape index (κ3) is 6.87. The van der Waals surface area contributed by atoms with Crippen LogP contribution >= 0.6 is 23.2 Å². The molecule has 8 nitrogen and oxygen atoms in total. The maximum atomic E-state index is 14.2. The summed E-state index contributed by atoms with van der Waals surface area (Å²) in [7, 11) is 1.45. The lowest BCUT2D eigenvalue weighted by molar-refractivity contribution is -0.117. The fourth-order valence-corrected chi connectivity index (χ4v) is 4.71. The van der Waals surface area contributed by atoms with Crippen molar-refractivity contribution in [2.45, 2.75) is 26.6 Å². The van der Waals surface area contributed by atoms with Gasteiger partial charge in [0.2, 0.25) is 6.17 Å². The molecule has 0 saturated heterocycles. The van der Waals surface area contributed by atoms with E-state index in [9.17, 15) is 14.0 Å². The lowest BCUT2D eigenvalue weighted by Gasteiger charge is -2.17. The Hall–Kier alpha value is -4.47. The number of carbonyl (C=O) groups is 2. The second kappa shape index (κ2) is 13.9. The van der Waals surface area contributed by atoms with Crippen molar-refractivity contribution in [2.75, 3.05) is 12.4 Å². The van der Waals surface area contributed by atoms with Gasteiger partial charge in [-0.15, -0.1) is 0 Å². The van der Waals surface area contributed by atoms with Gasteiger partial charge in [-0.1, -0.05) is 61.3 Å². The molecule has 0 radical (unpaired) electrons. The summed E-state index contributed by atoms with van der Waals surface area (Å²) >= 11 is 12.8. The molecule has 2 N–H and O–H groups in total. The van der Waals surface area contributed by atoms with Gasteiger partial charge in [-0.25, -0.2) is 9.38 Å². The number of benzene rings is 3. The summed E-state index contributed by atoms with van der Waals surface area (Å²) in [6, 6.07) is 17.2. The van der Waals surface area contributed by atoms with Crippen molar-refractivity contribution in [1.82, 2.24) is 10.3 Å². The maximum absolute atomic E-state index is 14.2. The van der Waals surface area contributed by atoms with Crippen LogP contribution in [0.3, 0.4) is 0 Å². The second-order valence-electron chi connectivity index (χ2n) is 8.64. The highest BCUT2D eigenvalue weighted by Crippen LogP contribution is 2.35. The molecular weight excluding hydrogens is 582 g/mol. The number of para-hydroxylation sites is 1. The number of hydrogen-bond donors (Lipinski definition) is 2. The number of nitrogens with one attached hydrogen (secondary N) is 2. The highest BCUT2D eigenvalue weighted by Gasteiger charge is 2.30. The molecule has 1 atom stereocenters. The summed E-state index contributed by atoms with van der Waals surface area (Å²) in [4.78, 5) is 35.3. The molecule has 5 rings (SSSR count). The smallest absolute Gasteiger partial charge is 0.269 e. The Morgan fingerprint density at radius 2 is 1.83 bits per heavy atom. The van der Waals surface area contributed by atoms with Crippen LogP contribution in [-0.4, -0.2) is 35.8 Å². The van der Waals surface area contributed by atoms with E-state index in [1.807, 2.05) is 13.8 Å². The number of methoxy groups -OCH3 is 1.